The van der Waals surface area contributed by atoms with Gasteiger partial charge in [-0.25, -0.2) is 4.39 Å². The van der Waals surface area contributed by atoms with E-state index >= 15 is 0 Å². The molecule has 0 N–H and O–H groups in total. The van der Waals surface area contributed by atoms with Crippen molar-refractivity contribution in [3.63, 3.8) is 0 Å². The van der Waals surface area contributed by atoms with Crippen molar-refractivity contribution >= 4 is 23.4 Å². The minimum absolute atomic E-state index is 0.0426. The molecular weight excluding hydrogens is 508 g/mol. The average molecular weight is 530 g/mol. The van der Waals surface area contributed by atoms with Crippen molar-refractivity contribution in [2.75, 3.05) is 37.7 Å². The van der Waals surface area contributed by atoms with E-state index in [0.717, 1.165) is 23.1 Å². The van der Waals surface area contributed by atoms with Gasteiger partial charge in [-0.05, 0) is 42.3 Å². The lowest BCUT2D eigenvalue weighted by Crippen LogP contribution is -2.69. The van der Waals surface area contributed by atoms with Gasteiger partial charge >= 0.3 is 6.18 Å². The summed E-state index contributed by atoms with van der Waals surface area (Å²) in [4.78, 5) is 44.2. The number of alkyl halides is 3. The normalized spacial score (nSPS) is 22.1. The molecule has 38 heavy (non-hydrogen) atoms. The van der Waals surface area contributed by atoms with Gasteiger partial charge in [0.2, 0.25) is 11.8 Å². The number of rotatable bonds is 4. The molecule has 1 unspecified atom stereocenters. The highest BCUT2D eigenvalue weighted by Gasteiger charge is 2.57. The van der Waals surface area contributed by atoms with Crippen LogP contribution in [0.3, 0.4) is 0 Å². The van der Waals surface area contributed by atoms with Gasteiger partial charge in [0.1, 0.15) is 17.9 Å². The Morgan fingerprint density at radius 2 is 1.84 bits per heavy atom. The number of carbonyl (C=O) groups excluding carboxylic acids is 3. The Balaban J connectivity index is 1.49. The summed E-state index contributed by atoms with van der Waals surface area (Å²) in [6, 6.07) is 9.64. The standard InChI is InChI=1S/C26H22F4N4O4/c27-20-9-17(10-31)3-6-21(20)33-12-22(35)34(11-16-1-4-19(5-2-16)26(28,29)30)25(24(33)37)7-8-32(15-25)23(36)18-13-38-14-18/h1-6,9,18H,7-8,11-15H2. The van der Waals surface area contributed by atoms with E-state index in [1.165, 1.54) is 34.1 Å². The largest absolute Gasteiger partial charge is 0.416 e. The lowest BCUT2D eigenvalue weighted by atomic mass is 9.89. The number of carbonyl (C=O) groups is 3. The number of anilines is 1. The zero-order valence-corrected chi connectivity index (χ0v) is 20.0. The summed E-state index contributed by atoms with van der Waals surface area (Å²) in [7, 11) is 0. The van der Waals surface area contributed by atoms with E-state index < -0.39 is 41.5 Å². The van der Waals surface area contributed by atoms with Crippen LogP contribution in [0.25, 0.3) is 0 Å². The maximum atomic E-state index is 14.9. The number of hydrogen-bond acceptors (Lipinski definition) is 5. The molecule has 2 aromatic rings. The van der Waals surface area contributed by atoms with Crippen molar-refractivity contribution in [3.8, 4) is 6.07 Å². The highest BCUT2D eigenvalue weighted by Crippen LogP contribution is 2.38. The first kappa shape index (κ1) is 25.7. The first-order chi connectivity index (χ1) is 18.0. The number of piperazine rings is 1. The first-order valence-electron chi connectivity index (χ1n) is 11.9. The van der Waals surface area contributed by atoms with Crippen LogP contribution in [-0.4, -0.2) is 65.9 Å². The van der Waals surface area contributed by atoms with E-state index in [1.54, 1.807) is 0 Å². The number of amides is 3. The van der Waals surface area contributed by atoms with Gasteiger partial charge in [0.25, 0.3) is 5.91 Å². The molecule has 8 nitrogen and oxygen atoms in total. The van der Waals surface area contributed by atoms with Gasteiger partial charge in [-0.3, -0.25) is 19.3 Å². The average Bonchev–Trinajstić information content (AvgIpc) is 3.29. The second-order valence-corrected chi connectivity index (χ2v) is 9.62. The predicted molar refractivity (Wildman–Crippen MR) is 124 cm³/mol. The molecule has 1 atom stereocenters. The molecule has 198 valence electrons. The fourth-order valence-electron chi connectivity index (χ4n) is 5.12. The molecule has 3 heterocycles. The number of halogens is 4. The van der Waals surface area contributed by atoms with Crippen molar-refractivity contribution in [1.82, 2.24) is 9.80 Å². The van der Waals surface area contributed by atoms with Crippen LogP contribution < -0.4 is 4.90 Å². The Kier molecular flexibility index (Phi) is 6.35. The van der Waals surface area contributed by atoms with Crippen molar-refractivity contribution < 1.29 is 36.7 Å². The molecule has 3 aliphatic heterocycles. The van der Waals surface area contributed by atoms with Crippen molar-refractivity contribution in [3.05, 3.63) is 65.0 Å². The molecule has 3 saturated heterocycles. The molecule has 2 aromatic carbocycles. The van der Waals surface area contributed by atoms with Crippen molar-refractivity contribution in [2.45, 2.75) is 24.7 Å². The van der Waals surface area contributed by atoms with Gasteiger partial charge in [0.05, 0.1) is 48.6 Å². The first-order valence-corrected chi connectivity index (χ1v) is 11.9. The number of hydrogen-bond donors (Lipinski definition) is 0. The topological polar surface area (TPSA) is 94.0 Å². The second kappa shape index (κ2) is 9.40. The third-order valence-electron chi connectivity index (χ3n) is 7.29. The molecule has 3 fully saturated rings. The Labute approximate surface area is 215 Å². The van der Waals surface area contributed by atoms with Crippen LogP contribution in [0.2, 0.25) is 0 Å². The number of nitriles is 1. The van der Waals surface area contributed by atoms with E-state index in [0.29, 0.717) is 5.56 Å². The minimum atomic E-state index is -4.53. The lowest BCUT2D eigenvalue weighted by molar-refractivity contribution is -0.154. The van der Waals surface area contributed by atoms with Gasteiger partial charge in [-0.15, -0.1) is 0 Å². The fraction of sp³-hybridized carbons (Fsp3) is 0.385. The summed E-state index contributed by atoms with van der Waals surface area (Å²) in [5, 5.41) is 9.05. The smallest absolute Gasteiger partial charge is 0.380 e. The molecule has 5 rings (SSSR count). The van der Waals surface area contributed by atoms with E-state index in [-0.39, 0.29) is 62.3 Å². The van der Waals surface area contributed by atoms with Gasteiger partial charge in [-0.1, -0.05) is 12.1 Å². The van der Waals surface area contributed by atoms with Crippen LogP contribution in [-0.2, 0) is 31.8 Å². The molecule has 1 spiro atoms. The zero-order valence-electron chi connectivity index (χ0n) is 20.0. The molecular formula is C26H22F4N4O4. The maximum absolute atomic E-state index is 14.9. The third kappa shape index (κ3) is 4.36. The molecule has 0 aliphatic carbocycles. The Hall–Kier alpha value is -3.98. The Morgan fingerprint density at radius 3 is 2.42 bits per heavy atom. The minimum Gasteiger partial charge on any atom is -0.380 e. The maximum Gasteiger partial charge on any atom is 0.416 e. The summed E-state index contributed by atoms with van der Waals surface area (Å²) < 4.78 is 59.1. The van der Waals surface area contributed by atoms with Crippen LogP contribution in [0, 0.1) is 23.1 Å². The molecule has 0 radical (unpaired) electrons. The molecule has 0 bridgehead atoms. The number of ether oxygens (including phenoxy) is 1. The Morgan fingerprint density at radius 1 is 1.13 bits per heavy atom. The van der Waals surface area contributed by atoms with E-state index in [2.05, 4.69) is 0 Å². The molecule has 3 aliphatic rings. The van der Waals surface area contributed by atoms with Gasteiger partial charge in [0, 0.05) is 13.1 Å². The van der Waals surface area contributed by atoms with Crippen LogP contribution in [0.1, 0.15) is 23.1 Å². The van der Waals surface area contributed by atoms with Gasteiger partial charge in [-0.2, -0.15) is 18.4 Å². The highest BCUT2D eigenvalue weighted by atomic mass is 19.4. The van der Waals surface area contributed by atoms with Crippen molar-refractivity contribution in [2.24, 2.45) is 5.92 Å². The van der Waals surface area contributed by atoms with E-state index in [4.69, 9.17) is 10.00 Å². The molecule has 0 aromatic heterocycles. The third-order valence-corrected chi connectivity index (χ3v) is 7.29. The molecule has 3 amide bonds. The SMILES string of the molecule is N#Cc1ccc(N2CC(=O)N(Cc3ccc(C(F)(F)F)cc3)C3(CCN(C(=O)C4COC4)C3)C2=O)c(F)c1. The second-order valence-electron chi connectivity index (χ2n) is 9.62. The van der Waals surface area contributed by atoms with Crippen LogP contribution in [0.4, 0.5) is 23.2 Å². The zero-order chi connectivity index (χ0) is 27.2. The summed E-state index contributed by atoms with van der Waals surface area (Å²) in [6.45, 7) is -0.126. The van der Waals surface area contributed by atoms with Crippen LogP contribution in [0.5, 0.6) is 0 Å². The highest BCUT2D eigenvalue weighted by molar-refractivity contribution is 6.10. The number of likely N-dealkylation sites (tertiary alicyclic amines) is 1. The monoisotopic (exact) mass is 530 g/mol. The summed E-state index contributed by atoms with van der Waals surface area (Å²) in [5.74, 6) is -2.57. The summed E-state index contributed by atoms with van der Waals surface area (Å²) >= 11 is 0. The lowest BCUT2D eigenvalue weighted by Gasteiger charge is -2.47. The van der Waals surface area contributed by atoms with Gasteiger partial charge < -0.3 is 14.5 Å². The quantitative estimate of drug-likeness (QED) is 0.567. The van der Waals surface area contributed by atoms with E-state index in [1.807, 2.05) is 6.07 Å². The Bertz CT molecular complexity index is 1340. The predicted octanol–water partition coefficient (Wildman–Crippen LogP) is 2.71. The van der Waals surface area contributed by atoms with Crippen LogP contribution in [0.15, 0.2) is 42.5 Å². The molecule has 0 saturated carbocycles. The fourth-order valence-corrected chi connectivity index (χ4v) is 5.12. The summed E-state index contributed by atoms with van der Waals surface area (Å²) in [5.41, 5.74) is -2.15. The molecule has 12 heteroatoms. The number of benzene rings is 2. The van der Waals surface area contributed by atoms with Crippen LogP contribution >= 0.6 is 0 Å². The van der Waals surface area contributed by atoms with E-state index in [9.17, 15) is 31.9 Å². The van der Waals surface area contributed by atoms with Crippen molar-refractivity contribution in [1.29, 1.82) is 5.26 Å². The number of nitrogens with zero attached hydrogens (tertiary/aromatic N) is 4. The summed E-state index contributed by atoms with van der Waals surface area (Å²) in [6.07, 6.45) is -4.45. The van der Waals surface area contributed by atoms with Gasteiger partial charge in [0.15, 0.2) is 0 Å².